The van der Waals surface area contributed by atoms with Gasteiger partial charge in [-0.2, -0.15) is 0 Å². The number of hydrogen-bond acceptors (Lipinski definition) is 3. The second kappa shape index (κ2) is 6.02. The molecule has 4 nitrogen and oxygen atoms in total. The van der Waals surface area contributed by atoms with E-state index in [1.54, 1.807) is 36.4 Å². The maximum atomic E-state index is 12.2. The number of carbonyl (C=O) groups excluding carboxylic acids is 2. The number of anilines is 1. The summed E-state index contributed by atoms with van der Waals surface area (Å²) in [6.45, 7) is 1.91. The SMILES string of the molecule is COc1ccc(C)cc1C(=O)Nc1ccc(C=O)cc1. The topological polar surface area (TPSA) is 55.4 Å². The monoisotopic (exact) mass is 269 g/mol. The highest BCUT2D eigenvalue weighted by molar-refractivity contribution is 6.06. The Morgan fingerprint density at radius 1 is 1.15 bits per heavy atom. The largest absolute Gasteiger partial charge is 0.496 e. The van der Waals surface area contributed by atoms with Crippen LogP contribution in [0.2, 0.25) is 0 Å². The quantitative estimate of drug-likeness (QED) is 0.868. The average molecular weight is 269 g/mol. The molecule has 0 radical (unpaired) electrons. The van der Waals surface area contributed by atoms with Crippen LogP contribution in [0, 0.1) is 6.92 Å². The smallest absolute Gasteiger partial charge is 0.259 e. The molecule has 0 bridgehead atoms. The summed E-state index contributed by atoms with van der Waals surface area (Å²) in [4.78, 5) is 22.8. The van der Waals surface area contributed by atoms with E-state index >= 15 is 0 Å². The Balaban J connectivity index is 2.22. The van der Waals surface area contributed by atoms with Gasteiger partial charge in [-0.3, -0.25) is 9.59 Å². The van der Waals surface area contributed by atoms with Gasteiger partial charge in [0.2, 0.25) is 0 Å². The number of rotatable bonds is 4. The first kappa shape index (κ1) is 13.8. The molecule has 0 aliphatic carbocycles. The summed E-state index contributed by atoms with van der Waals surface area (Å²) in [5.74, 6) is 0.280. The van der Waals surface area contributed by atoms with Crippen molar-refractivity contribution in [2.45, 2.75) is 6.92 Å². The van der Waals surface area contributed by atoms with Crippen molar-refractivity contribution in [2.24, 2.45) is 0 Å². The lowest BCUT2D eigenvalue weighted by atomic mass is 10.1. The van der Waals surface area contributed by atoms with Crippen LogP contribution in [0.15, 0.2) is 42.5 Å². The summed E-state index contributed by atoms with van der Waals surface area (Å²) < 4.78 is 5.19. The Morgan fingerprint density at radius 2 is 1.85 bits per heavy atom. The first-order valence-electron chi connectivity index (χ1n) is 6.15. The van der Waals surface area contributed by atoms with E-state index in [1.165, 1.54) is 7.11 Å². The lowest BCUT2D eigenvalue weighted by Gasteiger charge is -2.10. The minimum atomic E-state index is -0.246. The molecule has 102 valence electrons. The molecule has 0 heterocycles. The fraction of sp³-hybridized carbons (Fsp3) is 0.125. The molecule has 0 fully saturated rings. The first-order chi connectivity index (χ1) is 9.63. The maximum absolute atomic E-state index is 12.2. The zero-order valence-corrected chi connectivity index (χ0v) is 11.3. The summed E-state index contributed by atoms with van der Waals surface area (Å²) in [5.41, 5.74) is 2.65. The van der Waals surface area contributed by atoms with Crippen LogP contribution < -0.4 is 10.1 Å². The second-order valence-electron chi connectivity index (χ2n) is 4.40. The molecule has 0 spiro atoms. The van der Waals surface area contributed by atoms with Crippen LogP contribution in [0.5, 0.6) is 5.75 Å². The molecule has 2 aromatic carbocycles. The molecular formula is C16H15NO3. The Labute approximate surface area is 117 Å². The normalized spacial score (nSPS) is 9.90. The summed E-state index contributed by atoms with van der Waals surface area (Å²) in [6, 6.07) is 12.1. The molecule has 0 aliphatic heterocycles. The lowest BCUT2D eigenvalue weighted by molar-refractivity contribution is 0.102. The third-order valence-electron chi connectivity index (χ3n) is 2.90. The van der Waals surface area contributed by atoms with Gasteiger partial charge in [-0.05, 0) is 43.3 Å². The van der Waals surface area contributed by atoms with E-state index in [2.05, 4.69) is 5.32 Å². The molecule has 0 unspecified atom stereocenters. The van der Waals surface area contributed by atoms with E-state index in [0.29, 0.717) is 22.6 Å². The molecule has 20 heavy (non-hydrogen) atoms. The number of ether oxygens (including phenoxy) is 1. The van der Waals surface area contributed by atoms with E-state index in [1.807, 2.05) is 13.0 Å². The van der Waals surface area contributed by atoms with Gasteiger partial charge in [0.25, 0.3) is 5.91 Å². The van der Waals surface area contributed by atoms with Gasteiger partial charge in [-0.25, -0.2) is 0 Å². The highest BCUT2D eigenvalue weighted by Crippen LogP contribution is 2.21. The summed E-state index contributed by atoms with van der Waals surface area (Å²) in [7, 11) is 1.53. The third-order valence-corrected chi connectivity index (χ3v) is 2.90. The van der Waals surface area contributed by atoms with Crippen molar-refractivity contribution in [3.05, 3.63) is 59.2 Å². The van der Waals surface area contributed by atoms with Gasteiger partial charge in [-0.1, -0.05) is 11.6 Å². The van der Waals surface area contributed by atoms with Crippen LogP contribution in [0.1, 0.15) is 26.3 Å². The van der Waals surface area contributed by atoms with Crippen LogP contribution in [-0.2, 0) is 0 Å². The minimum absolute atomic E-state index is 0.246. The van der Waals surface area contributed by atoms with Crippen molar-refractivity contribution in [3.63, 3.8) is 0 Å². The fourth-order valence-corrected chi connectivity index (χ4v) is 1.84. The predicted octanol–water partition coefficient (Wildman–Crippen LogP) is 3.07. The van der Waals surface area contributed by atoms with Crippen LogP contribution in [0.3, 0.4) is 0 Å². The molecule has 0 saturated heterocycles. The summed E-state index contributed by atoms with van der Waals surface area (Å²) >= 11 is 0. The molecule has 0 aromatic heterocycles. The maximum Gasteiger partial charge on any atom is 0.259 e. The van der Waals surface area contributed by atoms with Crippen molar-refractivity contribution in [1.29, 1.82) is 0 Å². The van der Waals surface area contributed by atoms with E-state index in [9.17, 15) is 9.59 Å². The average Bonchev–Trinajstić information content (AvgIpc) is 2.48. The summed E-state index contributed by atoms with van der Waals surface area (Å²) in [5, 5.41) is 2.78. The van der Waals surface area contributed by atoms with Gasteiger partial charge in [0.15, 0.2) is 0 Å². The van der Waals surface area contributed by atoms with Crippen LogP contribution in [-0.4, -0.2) is 19.3 Å². The zero-order valence-electron chi connectivity index (χ0n) is 11.3. The second-order valence-corrected chi connectivity index (χ2v) is 4.40. The Kier molecular flexibility index (Phi) is 4.15. The van der Waals surface area contributed by atoms with Gasteiger partial charge in [0.1, 0.15) is 12.0 Å². The molecule has 1 N–H and O–H groups in total. The van der Waals surface area contributed by atoms with Gasteiger partial charge in [0.05, 0.1) is 12.7 Å². The number of methoxy groups -OCH3 is 1. The van der Waals surface area contributed by atoms with Gasteiger partial charge < -0.3 is 10.1 Å². The highest BCUT2D eigenvalue weighted by Gasteiger charge is 2.12. The number of carbonyl (C=O) groups is 2. The van der Waals surface area contributed by atoms with Gasteiger partial charge in [-0.15, -0.1) is 0 Å². The van der Waals surface area contributed by atoms with E-state index < -0.39 is 0 Å². The molecular weight excluding hydrogens is 254 g/mol. The molecule has 2 aromatic rings. The van der Waals surface area contributed by atoms with Crippen molar-refractivity contribution < 1.29 is 14.3 Å². The first-order valence-corrected chi connectivity index (χ1v) is 6.15. The van der Waals surface area contributed by atoms with Crippen molar-refractivity contribution in [2.75, 3.05) is 12.4 Å². The van der Waals surface area contributed by atoms with E-state index in [0.717, 1.165) is 11.8 Å². The molecule has 0 atom stereocenters. The highest BCUT2D eigenvalue weighted by atomic mass is 16.5. The molecule has 4 heteroatoms. The predicted molar refractivity (Wildman–Crippen MR) is 77.5 cm³/mol. The van der Waals surface area contributed by atoms with Gasteiger partial charge in [0, 0.05) is 11.3 Å². The Bertz CT molecular complexity index is 633. The van der Waals surface area contributed by atoms with E-state index in [4.69, 9.17) is 4.74 Å². The number of benzene rings is 2. The number of aryl methyl sites for hydroxylation is 1. The number of aldehydes is 1. The Morgan fingerprint density at radius 3 is 2.45 bits per heavy atom. The van der Waals surface area contributed by atoms with E-state index in [-0.39, 0.29) is 5.91 Å². The summed E-state index contributed by atoms with van der Waals surface area (Å²) in [6.07, 6.45) is 0.759. The molecule has 2 rings (SSSR count). The number of hydrogen-bond donors (Lipinski definition) is 1. The van der Waals surface area contributed by atoms with Gasteiger partial charge >= 0.3 is 0 Å². The fourth-order valence-electron chi connectivity index (χ4n) is 1.84. The molecule has 1 amide bonds. The van der Waals surface area contributed by atoms with Crippen LogP contribution in [0.25, 0.3) is 0 Å². The van der Waals surface area contributed by atoms with Crippen molar-refractivity contribution in [3.8, 4) is 5.75 Å². The third kappa shape index (κ3) is 3.03. The minimum Gasteiger partial charge on any atom is -0.496 e. The molecule has 0 saturated carbocycles. The van der Waals surface area contributed by atoms with Crippen molar-refractivity contribution >= 4 is 17.9 Å². The lowest BCUT2D eigenvalue weighted by Crippen LogP contribution is -2.13. The van der Waals surface area contributed by atoms with Crippen molar-refractivity contribution in [1.82, 2.24) is 0 Å². The van der Waals surface area contributed by atoms with Crippen LogP contribution in [0.4, 0.5) is 5.69 Å². The Hall–Kier alpha value is -2.62. The number of nitrogens with one attached hydrogen (secondary N) is 1. The number of amides is 1. The molecule has 0 aliphatic rings. The zero-order chi connectivity index (χ0) is 14.5. The van der Waals surface area contributed by atoms with Crippen LogP contribution >= 0.6 is 0 Å². The standard InChI is InChI=1S/C16H15NO3/c1-11-3-8-15(20-2)14(9-11)16(19)17-13-6-4-12(10-18)5-7-13/h3-10H,1-2H3,(H,17,19).